The van der Waals surface area contributed by atoms with E-state index in [0.717, 1.165) is 0 Å². The van der Waals surface area contributed by atoms with Crippen molar-refractivity contribution in [2.24, 2.45) is 5.92 Å². The number of rotatable bonds is 4. The molecule has 1 aliphatic heterocycles. The first-order chi connectivity index (χ1) is 7.82. The monoisotopic (exact) mass is 242 g/mol. The molecule has 1 saturated heterocycles. The van der Waals surface area contributed by atoms with Crippen LogP contribution in [0.5, 0.6) is 0 Å². The van der Waals surface area contributed by atoms with E-state index in [4.69, 9.17) is 5.11 Å². The molecule has 0 radical (unpaired) electrons. The molecule has 2 amide bonds. The summed E-state index contributed by atoms with van der Waals surface area (Å²) in [5, 5.41) is 8.81. The fourth-order valence-corrected chi connectivity index (χ4v) is 1.65. The van der Waals surface area contributed by atoms with Gasteiger partial charge in [-0.15, -0.1) is 0 Å². The van der Waals surface area contributed by atoms with E-state index in [1.165, 1.54) is 4.90 Å². The Bertz CT molecular complexity index is 340. The van der Waals surface area contributed by atoms with Gasteiger partial charge in [0.15, 0.2) is 0 Å². The average Bonchev–Trinajstić information content (AvgIpc) is 2.59. The van der Waals surface area contributed by atoms with E-state index in [1.54, 1.807) is 11.9 Å². The van der Waals surface area contributed by atoms with Gasteiger partial charge in [0.25, 0.3) is 0 Å². The van der Waals surface area contributed by atoms with Crippen LogP contribution in [0.1, 0.15) is 20.3 Å². The fraction of sp³-hybridized carbons (Fsp3) is 0.727. The summed E-state index contributed by atoms with van der Waals surface area (Å²) in [4.78, 5) is 36.9. The number of likely N-dealkylation sites (N-methyl/N-ethyl adjacent to an activating group) is 1. The molecule has 0 aliphatic carbocycles. The highest BCUT2D eigenvalue weighted by Gasteiger charge is 2.35. The molecule has 1 fully saturated rings. The minimum atomic E-state index is -0.981. The van der Waals surface area contributed by atoms with Crippen LogP contribution in [0.2, 0.25) is 0 Å². The first kappa shape index (κ1) is 13.5. The van der Waals surface area contributed by atoms with Crippen LogP contribution in [0.3, 0.4) is 0 Å². The van der Waals surface area contributed by atoms with Crippen LogP contribution in [0, 0.1) is 5.92 Å². The van der Waals surface area contributed by atoms with Crippen LogP contribution in [0.15, 0.2) is 0 Å². The van der Waals surface area contributed by atoms with Gasteiger partial charge in [0, 0.05) is 26.1 Å². The molecule has 6 nitrogen and oxygen atoms in total. The summed E-state index contributed by atoms with van der Waals surface area (Å²) in [6.07, 6.45) is -0.00595. The van der Waals surface area contributed by atoms with E-state index >= 15 is 0 Å². The topological polar surface area (TPSA) is 77.9 Å². The third-order valence-electron chi connectivity index (χ3n) is 3.06. The van der Waals surface area contributed by atoms with Crippen molar-refractivity contribution < 1.29 is 19.5 Å². The lowest BCUT2D eigenvalue weighted by molar-refractivity contribution is -0.141. The van der Waals surface area contributed by atoms with Crippen LogP contribution >= 0.6 is 0 Å². The maximum absolute atomic E-state index is 11.7. The van der Waals surface area contributed by atoms with Crippen LogP contribution in [-0.2, 0) is 14.4 Å². The van der Waals surface area contributed by atoms with Gasteiger partial charge in [-0.2, -0.15) is 0 Å². The molecule has 1 N–H and O–H groups in total. The highest BCUT2D eigenvalue weighted by atomic mass is 16.4. The second-order valence-electron chi connectivity index (χ2n) is 4.61. The molecule has 1 unspecified atom stereocenters. The van der Waals surface area contributed by atoms with Gasteiger partial charge in [-0.3, -0.25) is 14.4 Å². The Kier molecular flexibility index (Phi) is 4.09. The van der Waals surface area contributed by atoms with Crippen LogP contribution < -0.4 is 0 Å². The maximum Gasteiger partial charge on any atom is 0.308 e. The molecular weight excluding hydrogens is 224 g/mol. The van der Waals surface area contributed by atoms with Crippen molar-refractivity contribution in [2.45, 2.75) is 26.3 Å². The molecule has 6 heteroatoms. The Morgan fingerprint density at radius 2 is 2.12 bits per heavy atom. The molecule has 0 saturated carbocycles. The number of carbonyl (C=O) groups excluding carboxylic acids is 2. The molecule has 1 heterocycles. The van der Waals surface area contributed by atoms with E-state index in [9.17, 15) is 14.4 Å². The predicted octanol–water partition coefficient (Wildman–Crippen LogP) is -0.214. The second kappa shape index (κ2) is 5.16. The number of likely N-dealkylation sites (tertiary alicyclic amines) is 1. The van der Waals surface area contributed by atoms with Crippen LogP contribution in [0.4, 0.5) is 0 Å². The van der Waals surface area contributed by atoms with Gasteiger partial charge in [0.2, 0.25) is 11.8 Å². The fourth-order valence-electron chi connectivity index (χ4n) is 1.65. The summed E-state index contributed by atoms with van der Waals surface area (Å²) in [5.41, 5.74) is 0. The van der Waals surface area contributed by atoms with Crippen molar-refractivity contribution in [1.82, 2.24) is 9.80 Å². The van der Waals surface area contributed by atoms with Gasteiger partial charge in [-0.1, -0.05) is 0 Å². The minimum absolute atomic E-state index is 0.00595. The summed E-state index contributed by atoms with van der Waals surface area (Å²) >= 11 is 0. The standard InChI is InChI=1S/C11H18N2O4/c1-7(2)12(3)10(15)6-13-5-8(11(16)17)4-9(13)14/h7-8H,4-6H2,1-3H3,(H,16,17). The largest absolute Gasteiger partial charge is 0.481 e. The summed E-state index contributed by atoms with van der Waals surface area (Å²) in [7, 11) is 1.67. The number of nitrogens with zero attached hydrogens (tertiary/aromatic N) is 2. The Morgan fingerprint density at radius 1 is 1.53 bits per heavy atom. The average molecular weight is 242 g/mol. The summed E-state index contributed by atoms with van der Waals surface area (Å²) in [5.74, 6) is -2.09. The van der Waals surface area contributed by atoms with Gasteiger partial charge in [-0.25, -0.2) is 0 Å². The zero-order valence-corrected chi connectivity index (χ0v) is 10.3. The number of carbonyl (C=O) groups is 3. The van der Waals surface area contributed by atoms with Crippen LogP contribution in [0.25, 0.3) is 0 Å². The number of aliphatic carboxylic acids is 1. The number of carboxylic acid groups (broad SMARTS) is 1. The SMILES string of the molecule is CC(C)N(C)C(=O)CN1CC(C(=O)O)CC1=O. The van der Waals surface area contributed by atoms with Crippen LogP contribution in [-0.4, -0.2) is 58.9 Å². The van der Waals surface area contributed by atoms with E-state index in [0.29, 0.717) is 0 Å². The zero-order valence-electron chi connectivity index (χ0n) is 10.3. The number of hydrogen-bond acceptors (Lipinski definition) is 3. The Hall–Kier alpha value is -1.59. The minimum Gasteiger partial charge on any atom is -0.481 e. The van der Waals surface area contributed by atoms with E-state index in [1.807, 2.05) is 13.8 Å². The molecule has 1 atom stereocenters. The van der Waals surface area contributed by atoms with Crippen molar-refractivity contribution in [2.75, 3.05) is 20.1 Å². The summed E-state index contributed by atoms with van der Waals surface area (Å²) < 4.78 is 0. The lowest BCUT2D eigenvalue weighted by Crippen LogP contribution is -2.42. The number of amides is 2. The van der Waals surface area contributed by atoms with Gasteiger partial charge >= 0.3 is 5.97 Å². The van der Waals surface area contributed by atoms with E-state index in [2.05, 4.69) is 0 Å². The normalized spacial score (nSPS) is 19.9. The number of hydrogen-bond donors (Lipinski definition) is 1. The highest BCUT2D eigenvalue weighted by Crippen LogP contribution is 2.17. The van der Waals surface area contributed by atoms with Crippen molar-refractivity contribution >= 4 is 17.8 Å². The quantitative estimate of drug-likeness (QED) is 0.739. The molecule has 1 aliphatic rings. The Morgan fingerprint density at radius 3 is 2.53 bits per heavy atom. The smallest absolute Gasteiger partial charge is 0.308 e. The molecule has 1 rings (SSSR count). The lowest BCUT2D eigenvalue weighted by Gasteiger charge is -2.24. The summed E-state index contributed by atoms with van der Waals surface area (Å²) in [6, 6.07) is 0.0653. The molecule has 0 aromatic heterocycles. The Balaban J connectivity index is 2.56. The highest BCUT2D eigenvalue weighted by molar-refractivity contribution is 5.89. The Labute approximate surface area is 100 Å². The molecule has 0 aromatic carbocycles. The first-order valence-corrected chi connectivity index (χ1v) is 5.59. The number of carboxylic acids is 1. The third kappa shape index (κ3) is 3.18. The van der Waals surface area contributed by atoms with Crippen molar-refractivity contribution in [3.63, 3.8) is 0 Å². The first-order valence-electron chi connectivity index (χ1n) is 5.59. The molecule has 0 aromatic rings. The molecular formula is C11H18N2O4. The van der Waals surface area contributed by atoms with E-state index in [-0.39, 0.29) is 37.4 Å². The third-order valence-corrected chi connectivity index (χ3v) is 3.06. The van der Waals surface area contributed by atoms with E-state index < -0.39 is 11.9 Å². The van der Waals surface area contributed by atoms with Gasteiger partial charge in [0.1, 0.15) is 0 Å². The van der Waals surface area contributed by atoms with Crippen molar-refractivity contribution in [3.05, 3.63) is 0 Å². The molecule has 17 heavy (non-hydrogen) atoms. The molecule has 0 spiro atoms. The second-order valence-corrected chi connectivity index (χ2v) is 4.61. The van der Waals surface area contributed by atoms with Gasteiger partial charge in [0.05, 0.1) is 12.5 Å². The van der Waals surface area contributed by atoms with Crippen molar-refractivity contribution in [3.8, 4) is 0 Å². The predicted molar refractivity (Wildman–Crippen MR) is 60.2 cm³/mol. The zero-order chi connectivity index (χ0) is 13.2. The van der Waals surface area contributed by atoms with Crippen molar-refractivity contribution in [1.29, 1.82) is 0 Å². The summed E-state index contributed by atoms with van der Waals surface area (Å²) in [6.45, 7) is 3.86. The molecule has 0 bridgehead atoms. The van der Waals surface area contributed by atoms with Gasteiger partial charge in [-0.05, 0) is 13.8 Å². The lowest BCUT2D eigenvalue weighted by atomic mass is 10.1. The maximum atomic E-state index is 11.7. The molecule has 96 valence electrons. The van der Waals surface area contributed by atoms with Gasteiger partial charge < -0.3 is 14.9 Å².